The normalized spacial score (nSPS) is 14.8. The molecule has 1 fully saturated rings. The molecule has 0 radical (unpaired) electrons. The first-order valence-corrected chi connectivity index (χ1v) is 8.35. The summed E-state index contributed by atoms with van der Waals surface area (Å²) in [6.07, 6.45) is 2.52. The Bertz CT molecular complexity index is 661. The number of hydrogen-bond acceptors (Lipinski definition) is 3. The van der Waals surface area contributed by atoms with Gasteiger partial charge in [-0.1, -0.05) is 36.4 Å². The molecular weight excluding hydrogens is 286 g/mol. The van der Waals surface area contributed by atoms with Crippen molar-refractivity contribution in [2.75, 3.05) is 19.7 Å². The van der Waals surface area contributed by atoms with E-state index < -0.39 is 0 Å². The molecule has 0 bridgehead atoms. The Morgan fingerprint density at radius 2 is 1.83 bits per heavy atom. The van der Waals surface area contributed by atoms with Crippen LogP contribution < -0.4 is 0 Å². The Kier molecular flexibility index (Phi) is 5.09. The molecule has 1 saturated heterocycles. The molecule has 120 valence electrons. The van der Waals surface area contributed by atoms with Crippen LogP contribution in [-0.2, 0) is 11.3 Å². The zero-order chi connectivity index (χ0) is 16.1. The highest BCUT2D eigenvalue weighted by Gasteiger charge is 2.16. The Labute approximate surface area is 137 Å². The Balaban J connectivity index is 1.95. The number of carbonyl (C=O) groups is 1. The number of benzene rings is 2. The van der Waals surface area contributed by atoms with Gasteiger partial charge >= 0.3 is 5.97 Å². The van der Waals surface area contributed by atoms with Crippen LogP contribution in [0.4, 0.5) is 0 Å². The maximum atomic E-state index is 12.0. The van der Waals surface area contributed by atoms with Crippen molar-refractivity contribution >= 4 is 5.97 Å². The van der Waals surface area contributed by atoms with Gasteiger partial charge in [0.15, 0.2) is 0 Å². The summed E-state index contributed by atoms with van der Waals surface area (Å²) in [6, 6.07) is 16.3. The van der Waals surface area contributed by atoms with Gasteiger partial charge in [0, 0.05) is 6.54 Å². The SMILES string of the molecule is CCOC(=O)c1ccc(-c2ccccc2)c(CN2CCCC2)c1. The van der Waals surface area contributed by atoms with Gasteiger partial charge < -0.3 is 4.74 Å². The van der Waals surface area contributed by atoms with Crippen LogP contribution >= 0.6 is 0 Å². The first kappa shape index (κ1) is 15.8. The number of ether oxygens (including phenoxy) is 1. The second-order valence-electron chi connectivity index (χ2n) is 5.94. The lowest BCUT2D eigenvalue weighted by Crippen LogP contribution is -2.19. The van der Waals surface area contributed by atoms with E-state index in [1.165, 1.54) is 29.5 Å². The van der Waals surface area contributed by atoms with Gasteiger partial charge in [0.1, 0.15) is 0 Å². The molecule has 0 amide bonds. The molecule has 1 aliphatic heterocycles. The summed E-state index contributed by atoms with van der Waals surface area (Å²) in [5.41, 5.74) is 4.23. The maximum Gasteiger partial charge on any atom is 0.338 e. The minimum absolute atomic E-state index is 0.241. The van der Waals surface area contributed by atoms with E-state index in [0.29, 0.717) is 12.2 Å². The van der Waals surface area contributed by atoms with Gasteiger partial charge in [0.05, 0.1) is 12.2 Å². The average molecular weight is 309 g/mol. The van der Waals surface area contributed by atoms with Crippen LogP contribution in [0.1, 0.15) is 35.7 Å². The fourth-order valence-corrected chi connectivity index (χ4v) is 3.15. The van der Waals surface area contributed by atoms with Crippen LogP contribution in [0.5, 0.6) is 0 Å². The standard InChI is InChI=1S/C20H23NO2/c1-2-23-20(22)17-10-11-19(16-8-4-3-5-9-16)18(14-17)15-21-12-6-7-13-21/h3-5,8-11,14H,2,6-7,12-13,15H2,1H3. The van der Waals surface area contributed by atoms with E-state index in [1.54, 1.807) is 0 Å². The Hall–Kier alpha value is -2.13. The average Bonchev–Trinajstić information content (AvgIpc) is 3.09. The van der Waals surface area contributed by atoms with Crippen LogP contribution in [0.25, 0.3) is 11.1 Å². The molecule has 3 heteroatoms. The smallest absolute Gasteiger partial charge is 0.338 e. The Morgan fingerprint density at radius 3 is 2.52 bits per heavy atom. The minimum atomic E-state index is -0.241. The van der Waals surface area contributed by atoms with Crippen LogP contribution in [0.2, 0.25) is 0 Å². The largest absolute Gasteiger partial charge is 0.462 e. The van der Waals surface area contributed by atoms with E-state index in [9.17, 15) is 4.79 Å². The maximum absolute atomic E-state index is 12.0. The zero-order valence-corrected chi connectivity index (χ0v) is 13.6. The summed E-state index contributed by atoms with van der Waals surface area (Å²) < 4.78 is 5.15. The Morgan fingerprint density at radius 1 is 1.09 bits per heavy atom. The van der Waals surface area contributed by atoms with Crippen LogP contribution in [0.15, 0.2) is 48.5 Å². The first-order valence-electron chi connectivity index (χ1n) is 8.35. The molecule has 0 saturated carbocycles. The third-order valence-corrected chi connectivity index (χ3v) is 4.29. The minimum Gasteiger partial charge on any atom is -0.462 e. The van der Waals surface area contributed by atoms with E-state index in [1.807, 2.05) is 43.3 Å². The highest BCUT2D eigenvalue weighted by Crippen LogP contribution is 2.27. The summed E-state index contributed by atoms with van der Waals surface area (Å²) >= 11 is 0. The zero-order valence-electron chi connectivity index (χ0n) is 13.6. The summed E-state index contributed by atoms with van der Waals surface area (Å²) in [7, 11) is 0. The van der Waals surface area contributed by atoms with E-state index in [4.69, 9.17) is 4.74 Å². The lowest BCUT2D eigenvalue weighted by molar-refractivity contribution is 0.0526. The van der Waals surface area contributed by atoms with Gasteiger partial charge in [0.25, 0.3) is 0 Å². The second kappa shape index (κ2) is 7.42. The third kappa shape index (κ3) is 3.80. The van der Waals surface area contributed by atoms with Gasteiger partial charge in [0.2, 0.25) is 0 Å². The molecule has 0 N–H and O–H groups in total. The summed E-state index contributed by atoms with van der Waals surface area (Å²) in [4.78, 5) is 14.5. The lowest BCUT2D eigenvalue weighted by atomic mass is 9.97. The van der Waals surface area contributed by atoms with Crippen molar-refractivity contribution in [3.05, 3.63) is 59.7 Å². The summed E-state index contributed by atoms with van der Waals surface area (Å²) in [5, 5.41) is 0. The quantitative estimate of drug-likeness (QED) is 0.778. The van der Waals surface area contributed by atoms with Crippen molar-refractivity contribution in [1.29, 1.82) is 0 Å². The van der Waals surface area contributed by atoms with E-state index >= 15 is 0 Å². The molecule has 3 rings (SSSR count). The van der Waals surface area contributed by atoms with Crippen molar-refractivity contribution in [2.24, 2.45) is 0 Å². The van der Waals surface area contributed by atoms with E-state index in [0.717, 1.165) is 19.6 Å². The number of esters is 1. The van der Waals surface area contributed by atoms with Gasteiger partial charge in [-0.05, 0) is 61.7 Å². The number of hydrogen-bond donors (Lipinski definition) is 0. The highest BCUT2D eigenvalue weighted by atomic mass is 16.5. The van der Waals surface area contributed by atoms with Crippen molar-refractivity contribution in [1.82, 2.24) is 4.90 Å². The van der Waals surface area contributed by atoms with Gasteiger partial charge in [-0.15, -0.1) is 0 Å². The number of nitrogens with zero attached hydrogens (tertiary/aromatic N) is 1. The van der Waals surface area contributed by atoms with Crippen LogP contribution in [0.3, 0.4) is 0 Å². The van der Waals surface area contributed by atoms with E-state index in [2.05, 4.69) is 17.0 Å². The predicted molar refractivity (Wildman–Crippen MR) is 92.3 cm³/mol. The molecule has 0 unspecified atom stereocenters. The van der Waals surface area contributed by atoms with Crippen LogP contribution in [0, 0.1) is 0 Å². The first-order chi connectivity index (χ1) is 11.3. The molecule has 0 aromatic heterocycles. The molecule has 0 spiro atoms. The molecule has 0 aliphatic carbocycles. The van der Waals surface area contributed by atoms with Gasteiger partial charge in [-0.25, -0.2) is 4.79 Å². The van der Waals surface area contributed by atoms with Crippen molar-refractivity contribution in [2.45, 2.75) is 26.3 Å². The van der Waals surface area contributed by atoms with Crippen molar-refractivity contribution in [3.63, 3.8) is 0 Å². The molecule has 1 aliphatic rings. The number of carbonyl (C=O) groups excluding carboxylic acids is 1. The molecular formula is C20H23NO2. The lowest BCUT2D eigenvalue weighted by Gasteiger charge is -2.18. The van der Waals surface area contributed by atoms with Crippen molar-refractivity contribution < 1.29 is 9.53 Å². The molecule has 2 aromatic rings. The van der Waals surface area contributed by atoms with E-state index in [-0.39, 0.29) is 5.97 Å². The summed E-state index contributed by atoms with van der Waals surface area (Å²) in [6.45, 7) is 5.40. The topological polar surface area (TPSA) is 29.5 Å². The summed E-state index contributed by atoms with van der Waals surface area (Å²) in [5.74, 6) is -0.241. The predicted octanol–water partition coefficient (Wildman–Crippen LogP) is 4.13. The molecule has 3 nitrogen and oxygen atoms in total. The fraction of sp³-hybridized carbons (Fsp3) is 0.350. The molecule has 23 heavy (non-hydrogen) atoms. The van der Waals surface area contributed by atoms with Gasteiger partial charge in [-0.2, -0.15) is 0 Å². The monoisotopic (exact) mass is 309 g/mol. The number of likely N-dealkylation sites (tertiary alicyclic amines) is 1. The van der Waals surface area contributed by atoms with Crippen LogP contribution in [-0.4, -0.2) is 30.6 Å². The van der Waals surface area contributed by atoms with Gasteiger partial charge in [-0.3, -0.25) is 4.90 Å². The molecule has 2 aromatic carbocycles. The fourth-order valence-electron chi connectivity index (χ4n) is 3.15. The third-order valence-electron chi connectivity index (χ3n) is 4.29. The van der Waals surface area contributed by atoms with Crippen molar-refractivity contribution in [3.8, 4) is 11.1 Å². The molecule has 0 atom stereocenters. The molecule has 1 heterocycles. The second-order valence-corrected chi connectivity index (χ2v) is 5.94. The number of rotatable bonds is 5. The highest BCUT2D eigenvalue weighted by molar-refractivity contribution is 5.90.